The van der Waals surface area contributed by atoms with Crippen molar-refractivity contribution in [3.8, 4) is 5.75 Å². The van der Waals surface area contributed by atoms with Gasteiger partial charge < -0.3 is 19.6 Å². The molecular formula is C31H30FN3O4S. The van der Waals surface area contributed by atoms with E-state index >= 15 is 0 Å². The van der Waals surface area contributed by atoms with Gasteiger partial charge in [0.1, 0.15) is 11.6 Å². The lowest BCUT2D eigenvalue weighted by Crippen LogP contribution is -2.47. The summed E-state index contributed by atoms with van der Waals surface area (Å²) in [4.78, 5) is 30.6. The van der Waals surface area contributed by atoms with E-state index in [-0.39, 0.29) is 24.0 Å². The van der Waals surface area contributed by atoms with Gasteiger partial charge in [-0.05, 0) is 59.7 Å². The Morgan fingerprint density at radius 2 is 1.80 bits per heavy atom. The molecule has 3 aromatic carbocycles. The summed E-state index contributed by atoms with van der Waals surface area (Å²) in [5.41, 5.74) is 4.78. The summed E-state index contributed by atoms with van der Waals surface area (Å²) in [6, 6.07) is 18.6. The molecule has 1 saturated heterocycles. The normalized spacial score (nSPS) is 15.9. The molecule has 0 saturated carbocycles. The Labute approximate surface area is 236 Å². The molecule has 0 atom stereocenters. The summed E-state index contributed by atoms with van der Waals surface area (Å²) >= 11 is 1.57. The summed E-state index contributed by atoms with van der Waals surface area (Å²) in [7, 11) is 0. The topological polar surface area (TPSA) is 73.3 Å². The van der Waals surface area contributed by atoms with Gasteiger partial charge in [-0.3, -0.25) is 9.69 Å². The van der Waals surface area contributed by atoms with Crippen LogP contribution in [0, 0.1) is 5.82 Å². The molecule has 4 aromatic rings. The van der Waals surface area contributed by atoms with Crippen molar-refractivity contribution in [2.24, 2.45) is 0 Å². The first-order chi connectivity index (χ1) is 19.4. The first-order valence-electron chi connectivity index (χ1n) is 13.5. The zero-order chi connectivity index (χ0) is 27.6. The molecular weight excluding hydrogens is 529 g/mol. The standard InChI is InChI=1S/C31H30FN3O4S/c32-24-18-27(25-10-16-40-29(25)19-24)34-14-12-33(13-15-34)11-9-21-5-6-22-7-8-30(36)35(26(22)17-21)20-23-3-1-2-4-28(23)39-31(37)38/h1-6,10,16-19H,7-9,11-15,20H2,(H,37,38). The average Bonchev–Trinajstić information content (AvgIpc) is 3.42. The molecule has 206 valence electrons. The van der Waals surface area contributed by atoms with Gasteiger partial charge >= 0.3 is 6.16 Å². The van der Waals surface area contributed by atoms with Gasteiger partial charge in [0.2, 0.25) is 5.91 Å². The lowest BCUT2D eigenvalue weighted by Gasteiger charge is -2.36. The number of nitrogens with zero attached hydrogens (tertiary/aromatic N) is 3. The Balaban J connectivity index is 1.12. The molecule has 0 aliphatic carbocycles. The molecule has 1 amide bonds. The van der Waals surface area contributed by atoms with E-state index in [0.717, 1.165) is 71.7 Å². The fourth-order valence-electron chi connectivity index (χ4n) is 5.69. The second kappa shape index (κ2) is 11.3. The summed E-state index contributed by atoms with van der Waals surface area (Å²) < 4.78 is 20.1. The average molecular weight is 560 g/mol. The van der Waals surface area contributed by atoms with Crippen molar-refractivity contribution in [1.29, 1.82) is 0 Å². The largest absolute Gasteiger partial charge is 0.511 e. The van der Waals surface area contributed by atoms with Crippen LogP contribution in [0.2, 0.25) is 0 Å². The van der Waals surface area contributed by atoms with Gasteiger partial charge in [-0.15, -0.1) is 11.3 Å². The summed E-state index contributed by atoms with van der Waals surface area (Å²) in [5.74, 6) is 0.0661. The minimum atomic E-state index is -1.38. The summed E-state index contributed by atoms with van der Waals surface area (Å²) in [5, 5.41) is 12.2. The van der Waals surface area contributed by atoms with E-state index in [1.54, 1.807) is 46.6 Å². The van der Waals surface area contributed by atoms with Gasteiger partial charge in [-0.1, -0.05) is 30.3 Å². The minimum Gasteiger partial charge on any atom is -0.449 e. The van der Waals surface area contributed by atoms with Crippen molar-refractivity contribution in [1.82, 2.24) is 4.90 Å². The molecule has 1 aromatic heterocycles. The number of rotatable bonds is 7. The Bertz CT molecular complexity index is 1560. The molecule has 2 aliphatic rings. The molecule has 0 radical (unpaired) electrons. The molecule has 0 spiro atoms. The smallest absolute Gasteiger partial charge is 0.449 e. The molecule has 1 fully saturated rings. The van der Waals surface area contributed by atoms with Crippen LogP contribution in [-0.4, -0.2) is 54.8 Å². The van der Waals surface area contributed by atoms with Crippen LogP contribution in [0.5, 0.6) is 5.75 Å². The Morgan fingerprint density at radius 1 is 0.975 bits per heavy atom. The van der Waals surface area contributed by atoms with Crippen LogP contribution in [-0.2, 0) is 24.2 Å². The van der Waals surface area contributed by atoms with Gasteiger partial charge in [-0.2, -0.15) is 0 Å². The highest BCUT2D eigenvalue weighted by Gasteiger charge is 2.26. The van der Waals surface area contributed by atoms with E-state index in [1.165, 1.54) is 0 Å². The van der Waals surface area contributed by atoms with Gasteiger partial charge in [0.05, 0.1) is 6.54 Å². The van der Waals surface area contributed by atoms with Crippen LogP contribution in [0.1, 0.15) is 23.1 Å². The predicted molar refractivity (Wildman–Crippen MR) is 155 cm³/mol. The number of aryl methyl sites for hydroxylation is 1. The lowest BCUT2D eigenvalue weighted by atomic mass is 9.97. The highest BCUT2D eigenvalue weighted by atomic mass is 32.1. The van der Waals surface area contributed by atoms with Gasteiger partial charge in [0.15, 0.2) is 0 Å². The molecule has 9 heteroatoms. The number of anilines is 2. The molecule has 0 unspecified atom stereocenters. The van der Waals surface area contributed by atoms with Crippen molar-refractivity contribution >= 4 is 44.9 Å². The SMILES string of the molecule is O=C(O)Oc1ccccc1CN1C(=O)CCc2ccc(CCN3CCN(c4cc(F)cc5sccc45)CC3)cc21. The highest BCUT2D eigenvalue weighted by molar-refractivity contribution is 7.17. The zero-order valence-electron chi connectivity index (χ0n) is 22.0. The van der Waals surface area contributed by atoms with E-state index < -0.39 is 6.16 Å². The van der Waals surface area contributed by atoms with Crippen LogP contribution in [0.15, 0.2) is 66.0 Å². The third-order valence-corrected chi connectivity index (χ3v) is 8.66. The van der Waals surface area contributed by atoms with Crippen LogP contribution >= 0.6 is 11.3 Å². The van der Waals surface area contributed by atoms with Crippen molar-refractivity contribution in [2.75, 3.05) is 42.5 Å². The number of carbonyl (C=O) groups excluding carboxylic acids is 1. The van der Waals surface area contributed by atoms with E-state index in [2.05, 4.69) is 34.1 Å². The van der Waals surface area contributed by atoms with E-state index in [4.69, 9.17) is 9.84 Å². The minimum absolute atomic E-state index is 0.0166. The predicted octanol–water partition coefficient (Wildman–Crippen LogP) is 5.94. The number of carbonyl (C=O) groups is 2. The maximum absolute atomic E-state index is 14.2. The second-order valence-corrected chi connectivity index (χ2v) is 11.2. The summed E-state index contributed by atoms with van der Waals surface area (Å²) in [6.45, 7) is 4.64. The maximum atomic E-state index is 14.2. The molecule has 1 N–H and O–H groups in total. The maximum Gasteiger partial charge on any atom is 0.511 e. The molecule has 7 nitrogen and oxygen atoms in total. The number of hydrogen-bond donors (Lipinski definition) is 1. The van der Waals surface area contributed by atoms with Crippen molar-refractivity contribution in [2.45, 2.75) is 25.8 Å². The molecule has 6 rings (SSSR count). The van der Waals surface area contributed by atoms with E-state index in [0.29, 0.717) is 18.4 Å². The summed E-state index contributed by atoms with van der Waals surface area (Å²) in [6.07, 6.45) is 0.582. The van der Waals surface area contributed by atoms with Gasteiger partial charge in [0, 0.05) is 66.2 Å². The Hall–Kier alpha value is -3.95. The first-order valence-corrected chi connectivity index (χ1v) is 14.4. The van der Waals surface area contributed by atoms with Crippen molar-refractivity contribution in [3.05, 3.63) is 88.6 Å². The zero-order valence-corrected chi connectivity index (χ0v) is 22.8. The number of fused-ring (bicyclic) bond motifs is 2. The highest BCUT2D eigenvalue weighted by Crippen LogP contribution is 2.34. The Kier molecular flexibility index (Phi) is 7.40. The fraction of sp³-hybridized carbons (Fsp3) is 0.290. The third kappa shape index (κ3) is 5.52. The third-order valence-electron chi connectivity index (χ3n) is 7.79. The van der Waals surface area contributed by atoms with E-state index in [1.807, 2.05) is 11.4 Å². The monoisotopic (exact) mass is 559 g/mol. The number of ether oxygens (including phenoxy) is 1. The van der Waals surface area contributed by atoms with Gasteiger partial charge in [-0.25, -0.2) is 9.18 Å². The lowest BCUT2D eigenvalue weighted by molar-refractivity contribution is -0.119. The molecule has 3 heterocycles. The van der Waals surface area contributed by atoms with E-state index in [9.17, 15) is 14.0 Å². The van der Waals surface area contributed by atoms with Crippen LogP contribution in [0.3, 0.4) is 0 Å². The number of carboxylic acid groups (broad SMARTS) is 1. The number of para-hydroxylation sites is 1. The van der Waals surface area contributed by atoms with Crippen LogP contribution in [0.4, 0.5) is 20.6 Å². The molecule has 2 aliphatic heterocycles. The molecule has 40 heavy (non-hydrogen) atoms. The Morgan fingerprint density at radius 3 is 2.62 bits per heavy atom. The fourth-order valence-corrected chi connectivity index (χ4v) is 6.52. The van der Waals surface area contributed by atoms with Crippen LogP contribution < -0.4 is 14.5 Å². The number of amides is 1. The molecule has 0 bridgehead atoms. The number of halogens is 1. The number of piperazine rings is 1. The number of benzene rings is 3. The quantitative estimate of drug-likeness (QED) is 0.223. The number of hydrogen-bond acceptors (Lipinski definition) is 6. The van der Waals surface area contributed by atoms with Crippen molar-refractivity contribution in [3.63, 3.8) is 0 Å². The number of thiophene rings is 1. The second-order valence-electron chi connectivity index (χ2n) is 10.3. The van der Waals surface area contributed by atoms with Crippen molar-refractivity contribution < 1.29 is 23.8 Å². The van der Waals surface area contributed by atoms with Crippen LogP contribution in [0.25, 0.3) is 10.1 Å². The van der Waals surface area contributed by atoms with Gasteiger partial charge in [0.25, 0.3) is 0 Å². The first kappa shape index (κ1) is 26.3.